The fourth-order valence-corrected chi connectivity index (χ4v) is 9.04. The minimum Gasteiger partial charge on any atom is -0.461 e. The number of nitrogens with zero attached hydrogens (tertiary/aromatic N) is 3. The number of carbonyl (C=O) groups excluding carboxylic acids is 5. The summed E-state index contributed by atoms with van der Waals surface area (Å²) in [6, 6.07) is 4.80. The van der Waals surface area contributed by atoms with Crippen molar-refractivity contribution in [2.24, 2.45) is 28.7 Å². The van der Waals surface area contributed by atoms with E-state index in [1.807, 2.05) is 32.8 Å². The maximum absolute atomic E-state index is 14.4. The lowest BCUT2D eigenvalue weighted by Crippen LogP contribution is -2.61. The van der Waals surface area contributed by atoms with Crippen LogP contribution < -0.4 is 0 Å². The summed E-state index contributed by atoms with van der Waals surface area (Å²) in [5.74, 6) is -6.43. The van der Waals surface area contributed by atoms with Crippen molar-refractivity contribution in [2.75, 3.05) is 27.3 Å². The van der Waals surface area contributed by atoms with Gasteiger partial charge in [-0.25, -0.2) is 4.99 Å². The summed E-state index contributed by atoms with van der Waals surface area (Å²) in [7, 11) is 3.72. The molecule has 16 heteroatoms. The molecule has 0 aliphatic carbocycles. The summed E-state index contributed by atoms with van der Waals surface area (Å²) < 4.78 is 44.6. The quantitative estimate of drug-likeness (QED) is 0.294. The average Bonchev–Trinajstić information content (AvgIpc) is 3.16. The van der Waals surface area contributed by atoms with Crippen molar-refractivity contribution in [3.63, 3.8) is 0 Å². The van der Waals surface area contributed by atoms with Crippen molar-refractivity contribution in [1.29, 1.82) is 0 Å². The molecule has 1 amide bonds. The van der Waals surface area contributed by atoms with E-state index in [2.05, 4.69) is 9.98 Å². The SMILES string of the molecule is CC[C@H]1OC(=O)[C@H](C)[C@@H](OC(=O)Cc2ccccn2)[C@H](C)[C@@H](O[C@@H]2O[C@H](C)C[C@H](N(C)C)[C@H]2OC(C)=O)[C@@]2(C)C[C@@H](C)C(=NC(C)=O)[C@H](C)[C@@H](OCC(=O)CO2)[C@]1(C)O. The summed E-state index contributed by atoms with van der Waals surface area (Å²) in [4.78, 5) is 78.0. The molecule has 1 N–H and O–H groups in total. The number of carbonyl (C=O) groups is 5. The lowest BCUT2D eigenvalue weighted by molar-refractivity contribution is -0.305. The highest BCUT2D eigenvalue weighted by molar-refractivity contribution is 5.98. The highest BCUT2D eigenvalue weighted by Crippen LogP contribution is 2.42. The van der Waals surface area contributed by atoms with Crippen molar-refractivity contribution >= 4 is 35.3 Å². The molecular formula is C43H65N3O13. The molecule has 1 aromatic rings. The number of pyridine rings is 1. The molecule has 3 fully saturated rings. The van der Waals surface area contributed by atoms with E-state index >= 15 is 0 Å². The molecule has 0 aromatic carbocycles. The summed E-state index contributed by atoms with van der Waals surface area (Å²) in [6.45, 7) is 15.4. The normalized spacial score (nSPS) is 38.4. The molecule has 1 aromatic heterocycles. The van der Waals surface area contributed by atoms with E-state index in [1.165, 1.54) is 20.8 Å². The average molecular weight is 832 g/mol. The number of ketones is 1. The second-order valence-corrected chi connectivity index (χ2v) is 17.2. The second kappa shape index (κ2) is 20.3. The number of fused-ring (bicyclic) bond motifs is 5. The van der Waals surface area contributed by atoms with E-state index in [0.717, 1.165) is 0 Å². The first-order valence-corrected chi connectivity index (χ1v) is 20.6. The summed E-state index contributed by atoms with van der Waals surface area (Å²) in [5, 5.41) is 12.3. The van der Waals surface area contributed by atoms with Crippen LogP contribution in [0.3, 0.4) is 0 Å². The Morgan fingerprint density at radius 3 is 2.29 bits per heavy atom. The third kappa shape index (κ3) is 11.8. The van der Waals surface area contributed by atoms with Crippen LogP contribution in [-0.2, 0) is 63.6 Å². The number of hydrogen-bond acceptors (Lipinski definition) is 15. The highest BCUT2D eigenvalue weighted by Gasteiger charge is 2.54. The lowest BCUT2D eigenvalue weighted by Gasteiger charge is -2.49. The number of aromatic nitrogens is 1. The Kier molecular flexibility index (Phi) is 16.5. The maximum atomic E-state index is 14.4. The molecule has 0 radical (unpaired) electrons. The van der Waals surface area contributed by atoms with E-state index in [4.69, 9.17) is 33.2 Å². The Morgan fingerprint density at radius 1 is 1.00 bits per heavy atom. The lowest BCUT2D eigenvalue weighted by atomic mass is 9.73. The second-order valence-electron chi connectivity index (χ2n) is 17.2. The molecule has 330 valence electrons. The number of ether oxygens (including phenoxy) is 7. The smallest absolute Gasteiger partial charge is 0.312 e. The molecule has 16 nitrogen and oxygen atoms in total. The van der Waals surface area contributed by atoms with Gasteiger partial charge >= 0.3 is 17.9 Å². The first-order chi connectivity index (χ1) is 27.6. The van der Waals surface area contributed by atoms with Gasteiger partial charge in [-0.05, 0) is 79.1 Å². The van der Waals surface area contributed by atoms with Gasteiger partial charge in [0.1, 0.15) is 31.0 Å². The minimum atomic E-state index is -1.91. The van der Waals surface area contributed by atoms with E-state index in [1.54, 1.807) is 59.0 Å². The van der Waals surface area contributed by atoms with Gasteiger partial charge in [0.15, 0.2) is 18.2 Å². The number of cyclic esters (lactones) is 1. The van der Waals surface area contributed by atoms with Crippen molar-refractivity contribution < 1.29 is 62.2 Å². The van der Waals surface area contributed by atoms with Crippen LogP contribution in [-0.4, -0.2) is 138 Å². The fourth-order valence-electron chi connectivity index (χ4n) is 9.04. The molecule has 0 spiro atoms. The zero-order valence-corrected chi connectivity index (χ0v) is 36.7. The number of Topliss-reactive ketones (excluding diaryl/α,β-unsaturated/α-hetero) is 1. The van der Waals surface area contributed by atoms with Gasteiger partial charge in [-0.1, -0.05) is 33.8 Å². The highest BCUT2D eigenvalue weighted by atomic mass is 16.7. The summed E-state index contributed by atoms with van der Waals surface area (Å²) >= 11 is 0. The molecule has 0 saturated carbocycles. The van der Waals surface area contributed by atoms with E-state index < -0.39 is 114 Å². The van der Waals surface area contributed by atoms with E-state index in [0.29, 0.717) is 17.8 Å². The molecule has 2 bridgehead atoms. The van der Waals surface area contributed by atoms with Crippen LogP contribution in [0, 0.1) is 23.7 Å². The molecule has 59 heavy (non-hydrogen) atoms. The number of aliphatic imine (C=N–C) groups is 1. The molecule has 3 saturated heterocycles. The molecule has 3 aliphatic rings. The Labute approximate surface area is 348 Å². The molecule has 3 aliphatic heterocycles. The van der Waals surface area contributed by atoms with E-state index in [9.17, 15) is 29.1 Å². The van der Waals surface area contributed by atoms with Crippen LogP contribution in [0.15, 0.2) is 29.4 Å². The van der Waals surface area contributed by atoms with E-state index in [-0.39, 0.29) is 31.4 Å². The largest absolute Gasteiger partial charge is 0.461 e. The summed E-state index contributed by atoms with van der Waals surface area (Å²) in [6.07, 6.45) is -5.24. The Balaban J connectivity index is 2.01. The van der Waals surface area contributed by atoms with Crippen molar-refractivity contribution in [1.82, 2.24) is 9.88 Å². The van der Waals surface area contributed by atoms with Gasteiger partial charge < -0.3 is 43.2 Å². The van der Waals surface area contributed by atoms with Crippen LogP contribution >= 0.6 is 0 Å². The van der Waals surface area contributed by atoms with Gasteiger partial charge in [-0.15, -0.1) is 0 Å². The van der Waals surface area contributed by atoms with Gasteiger partial charge in [0, 0.05) is 37.6 Å². The van der Waals surface area contributed by atoms with Crippen molar-refractivity contribution in [3.05, 3.63) is 30.1 Å². The third-order valence-electron chi connectivity index (χ3n) is 11.9. The minimum absolute atomic E-state index is 0.0723. The molecule has 4 heterocycles. The number of hydrogen-bond donors (Lipinski definition) is 1. The topological polar surface area (TPSA) is 199 Å². The predicted molar refractivity (Wildman–Crippen MR) is 214 cm³/mol. The number of aliphatic hydroxyl groups is 1. The Bertz CT molecular complexity index is 1670. The number of rotatable bonds is 8. The number of amides is 1. The molecule has 4 rings (SSSR count). The maximum Gasteiger partial charge on any atom is 0.312 e. The zero-order chi connectivity index (χ0) is 44.0. The van der Waals surface area contributed by atoms with Crippen LogP contribution in [0.25, 0.3) is 0 Å². The van der Waals surface area contributed by atoms with Crippen molar-refractivity contribution in [2.45, 2.75) is 155 Å². The Morgan fingerprint density at radius 2 is 1.69 bits per heavy atom. The van der Waals surface area contributed by atoms with Crippen LogP contribution in [0.4, 0.5) is 0 Å². The Hall–Kier alpha value is -3.67. The number of esters is 3. The van der Waals surface area contributed by atoms with Crippen LogP contribution in [0.1, 0.15) is 94.2 Å². The molecule has 0 unspecified atom stereocenters. The van der Waals surface area contributed by atoms with Crippen LogP contribution in [0.5, 0.6) is 0 Å². The standard InChI is InChI=1S/C43H65N3O13/c1-13-33-43(10,52)39-25(4)35(45-28(7)47)23(2)20-42(9,54-22-31(49)21-53-39)38(59-41-37(56-29(8)48)32(46(11)12)18-24(3)55-41)26(5)36(27(6)40(51)57-33)58-34(50)19-30-16-14-15-17-44-30/h14-17,23-27,32-33,36-39,41,52H,13,18-22H2,1-12H3/t23-,24-,25+,26+,27-,32+,33-,36+,37-,38-,39-,41+,42-,43-/m1/s1. The van der Waals surface area contributed by atoms with Gasteiger partial charge in [-0.2, -0.15) is 0 Å². The predicted octanol–water partition coefficient (Wildman–Crippen LogP) is 3.67. The van der Waals surface area contributed by atoms with Gasteiger partial charge in [0.2, 0.25) is 5.91 Å². The monoisotopic (exact) mass is 831 g/mol. The third-order valence-corrected chi connectivity index (χ3v) is 11.9. The summed E-state index contributed by atoms with van der Waals surface area (Å²) in [5.41, 5.74) is -2.60. The first-order valence-electron chi connectivity index (χ1n) is 20.6. The molecular weight excluding hydrogens is 766 g/mol. The fraction of sp³-hybridized carbons (Fsp3) is 0.744. The first kappa shape index (κ1) is 48.0. The van der Waals surface area contributed by atoms with Gasteiger partial charge in [0.05, 0.1) is 48.0 Å². The van der Waals surface area contributed by atoms with Crippen molar-refractivity contribution in [3.8, 4) is 0 Å². The van der Waals surface area contributed by atoms with Gasteiger partial charge in [-0.3, -0.25) is 29.0 Å². The number of likely N-dealkylation sites (N-methyl/N-ethyl adjacent to an activating group) is 1. The van der Waals surface area contributed by atoms with Gasteiger partial charge in [0.25, 0.3) is 0 Å². The van der Waals surface area contributed by atoms with Crippen LogP contribution in [0.2, 0.25) is 0 Å². The zero-order valence-electron chi connectivity index (χ0n) is 36.7. The molecule has 14 atom stereocenters.